The molecule has 7 heteroatoms. The zero-order valence-corrected chi connectivity index (χ0v) is 17.8. The molecule has 144 valence electrons. The molecule has 2 aromatic carbocycles. The molecule has 0 fully saturated rings. The summed E-state index contributed by atoms with van der Waals surface area (Å²) in [6.07, 6.45) is 3.13. The van der Waals surface area contributed by atoms with Crippen LogP contribution in [0.1, 0.15) is 36.9 Å². The smallest absolute Gasteiger partial charge is 0.277 e. The normalized spacial score (nSPS) is 17.0. The second-order valence-corrected chi connectivity index (χ2v) is 8.91. The lowest BCUT2D eigenvalue weighted by atomic mass is 9.88. The number of nitrogens with zero attached hydrogens (tertiary/aromatic N) is 2. The van der Waals surface area contributed by atoms with Gasteiger partial charge in [0.05, 0.1) is 16.9 Å². The van der Waals surface area contributed by atoms with Crippen molar-refractivity contribution in [2.45, 2.75) is 42.7 Å². The predicted molar refractivity (Wildman–Crippen MR) is 113 cm³/mol. The number of amides is 1. The van der Waals surface area contributed by atoms with Gasteiger partial charge in [-0.1, -0.05) is 48.2 Å². The van der Waals surface area contributed by atoms with Gasteiger partial charge in [0, 0.05) is 4.47 Å². The van der Waals surface area contributed by atoms with Gasteiger partial charge in [0.1, 0.15) is 0 Å². The van der Waals surface area contributed by atoms with E-state index in [4.69, 9.17) is 4.42 Å². The largest absolute Gasteiger partial charge is 0.411 e. The van der Waals surface area contributed by atoms with Crippen LogP contribution in [-0.2, 0) is 11.2 Å². The number of fused-ring (bicyclic) bond motifs is 1. The van der Waals surface area contributed by atoms with E-state index in [9.17, 15) is 4.79 Å². The first-order chi connectivity index (χ1) is 13.6. The number of carbonyl (C=O) groups excluding carboxylic acids is 1. The lowest BCUT2D eigenvalue weighted by Crippen LogP contribution is -2.35. The minimum atomic E-state index is -0.332. The summed E-state index contributed by atoms with van der Waals surface area (Å²) < 4.78 is 6.63. The molecule has 0 saturated carbocycles. The van der Waals surface area contributed by atoms with E-state index in [0.29, 0.717) is 11.1 Å². The van der Waals surface area contributed by atoms with Crippen molar-refractivity contribution in [3.05, 3.63) is 64.1 Å². The Kier molecular flexibility index (Phi) is 5.82. The van der Waals surface area contributed by atoms with Crippen LogP contribution in [0.4, 0.5) is 0 Å². The van der Waals surface area contributed by atoms with Crippen LogP contribution in [0, 0.1) is 0 Å². The number of benzene rings is 2. The molecule has 0 saturated heterocycles. The van der Waals surface area contributed by atoms with E-state index in [-0.39, 0.29) is 17.2 Å². The maximum Gasteiger partial charge on any atom is 0.277 e. The number of rotatable bonds is 5. The highest BCUT2D eigenvalue weighted by atomic mass is 79.9. The molecule has 1 heterocycles. The monoisotopic (exact) mass is 457 g/mol. The molecule has 0 radical (unpaired) electrons. The predicted octanol–water partition coefficient (Wildman–Crippen LogP) is 5.17. The number of carbonyl (C=O) groups is 1. The molecule has 0 bridgehead atoms. The van der Waals surface area contributed by atoms with Crippen molar-refractivity contribution in [3.63, 3.8) is 0 Å². The third-order valence-electron chi connectivity index (χ3n) is 4.84. The number of thioether (sulfide) groups is 1. The average Bonchev–Trinajstić information content (AvgIpc) is 3.16. The van der Waals surface area contributed by atoms with E-state index < -0.39 is 0 Å². The summed E-state index contributed by atoms with van der Waals surface area (Å²) in [5.41, 5.74) is 3.39. The number of halogens is 1. The molecule has 0 aliphatic heterocycles. The van der Waals surface area contributed by atoms with Gasteiger partial charge >= 0.3 is 0 Å². The van der Waals surface area contributed by atoms with E-state index in [0.717, 1.165) is 29.3 Å². The number of aromatic nitrogens is 2. The van der Waals surface area contributed by atoms with Crippen molar-refractivity contribution in [1.82, 2.24) is 15.5 Å². The van der Waals surface area contributed by atoms with E-state index in [2.05, 4.69) is 49.6 Å². The molecule has 0 spiro atoms. The molecule has 28 heavy (non-hydrogen) atoms. The molecule has 1 N–H and O–H groups in total. The zero-order chi connectivity index (χ0) is 19.5. The second-order valence-electron chi connectivity index (χ2n) is 6.77. The van der Waals surface area contributed by atoms with E-state index in [1.54, 1.807) is 0 Å². The van der Waals surface area contributed by atoms with Crippen LogP contribution < -0.4 is 5.32 Å². The zero-order valence-electron chi connectivity index (χ0n) is 15.4. The Morgan fingerprint density at radius 1 is 1.21 bits per heavy atom. The van der Waals surface area contributed by atoms with Crippen LogP contribution in [0.25, 0.3) is 11.5 Å². The van der Waals surface area contributed by atoms with Gasteiger partial charge in [0.2, 0.25) is 11.8 Å². The quantitative estimate of drug-likeness (QED) is 0.534. The lowest BCUT2D eigenvalue weighted by Gasteiger charge is -2.27. The van der Waals surface area contributed by atoms with Crippen LogP contribution in [0.2, 0.25) is 0 Å². The van der Waals surface area contributed by atoms with Crippen molar-refractivity contribution >= 4 is 33.6 Å². The topological polar surface area (TPSA) is 68.0 Å². The lowest BCUT2D eigenvalue weighted by molar-refractivity contribution is -0.121. The Balaban J connectivity index is 1.41. The fraction of sp³-hybridized carbons (Fsp3) is 0.286. The molecule has 5 nitrogen and oxygen atoms in total. The minimum Gasteiger partial charge on any atom is -0.411 e. The van der Waals surface area contributed by atoms with Crippen molar-refractivity contribution in [2.24, 2.45) is 0 Å². The minimum absolute atomic E-state index is 0.0210. The first-order valence-electron chi connectivity index (χ1n) is 9.25. The fourth-order valence-corrected chi connectivity index (χ4v) is 4.55. The van der Waals surface area contributed by atoms with Crippen molar-refractivity contribution in [3.8, 4) is 11.5 Å². The molecule has 3 aromatic rings. The number of hydrogen-bond acceptors (Lipinski definition) is 5. The third kappa shape index (κ3) is 4.15. The summed E-state index contributed by atoms with van der Waals surface area (Å²) >= 11 is 4.76. The highest BCUT2D eigenvalue weighted by Gasteiger charge is 2.25. The van der Waals surface area contributed by atoms with Gasteiger partial charge in [-0.05, 0) is 65.4 Å². The molecule has 1 aliphatic rings. The number of aryl methyl sites for hydroxylation is 1. The molecular formula is C21H20BrN3O2S. The summed E-state index contributed by atoms with van der Waals surface area (Å²) in [4.78, 5) is 12.7. The Hall–Kier alpha value is -2.12. The summed E-state index contributed by atoms with van der Waals surface area (Å²) in [5.74, 6) is 0.413. The number of nitrogens with one attached hydrogen (secondary N) is 1. The SMILES string of the molecule is CC(Sc1nnc(-c2ccccc2Br)o1)C(=O)NC1CCCc2ccccc21. The van der Waals surface area contributed by atoms with Crippen LogP contribution in [0.3, 0.4) is 0 Å². The standard InChI is InChI=1S/C21H20BrN3O2S/c1-13(19(26)23-18-12-6-8-14-7-2-3-9-15(14)18)28-21-25-24-20(27-21)16-10-4-5-11-17(16)22/h2-5,7,9-11,13,18H,6,8,12H2,1H3,(H,23,26). The van der Waals surface area contributed by atoms with Gasteiger partial charge in [-0.25, -0.2) is 0 Å². The van der Waals surface area contributed by atoms with Crippen molar-refractivity contribution in [2.75, 3.05) is 0 Å². The molecule has 1 amide bonds. The summed E-state index contributed by atoms with van der Waals surface area (Å²) in [5, 5.41) is 11.4. The Morgan fingerprint density at radius 2 is 2.00 bits per heavy atom. The van der Waals surface area contributed by atoms with Gasteiger partial charge in [-0.2, -0.15) is 0 Å². The first kappa shape index (κ1) is 19.2. The first-order valence-corrected chi connectivity index (χ1v) is 10.9. The van der Waals surface area contributed by atoms with Crippen LogP contribution in [0.15, 0.2) is 62.6 Å². The van der Waals surface area contributed by atoms with Crippen LogP contribution in [-0.4, -0.2) is 21.4 Å². The summed E-state index contributed by atoms with van der Waals surface area (Å²) in [6.45, 7) is 1.86. The van der Waals surface area contributed by atoms with E-state index >= 15 is 0 Å². The Bertz CT molecular complexity index is 991. The maximum atomic E-state index is 12.7. The molecule has 2 atom stereocenters. The molecule has 1 aromatic heterocycles. The Morgan fingerprint density at radius 3 is 2.86 bits per heavy atom. The van der Waals surface area contributed by atoms with Gasteiger partial charge in [0.15, 0.2) is 0 Å². The number of hydrogen-bond donors (Lipinski definition) is 1. The molecule has 2 unspecified atom stereocenters. The van der Waals surface area contributed by atoms with Gasteiger partial charge in [-0.3, -0.25) is 4.79 Å². The van der Waals surface area contributed by atoms with Gasteiger partial charge in [-0.15, -0.1) is 10.2 Å². The third-order valence-corrected chi connectivity index (χ3v) is 6.47. The van der Waals surface area contributed by atoms with Gasteiger partial charge in [0.25, 0.3) is 5.22 Å². The molecule has 1 aliphatic carbocycles. The second kappa shape index (κ2) is 8.49. The molecule has 4 rings (SSSR count). The highest BCUT2D eigenvalue weighted by molar-refractivity contribution is 9.10. The summed E-state index contributed by atoms with van der Waals surface area (Å²) in [7, 11) is 0. The maximum absolute atomic E-state index is 12.7. The van der Waals surface area contributed by atoms with Gasteiger partial charge < -0.3 is 9.73 Å². The summed E-state index contributed by atoms with van der Waals surface area (Å²) in [6, 6.07) is 16.1. The van der Waals surface area contributed by atoms with E-state index in [1.807, 2.05) is 37.3 Å². The average molecular weight is 458 g/mol. The van der Waals surface area contributed by atoms with Crippen LogP contribution in [0.5, 0.6) is 0 Å². The molecular weight excluding hydrogens is 438 g/mol. The van der Waals surface area contributed by atoms with E-state index in [1.165, 1.54) is 22.9 Å². The Labute approximate surface area is 176 Å². The highest BCUT2D eigenvalue weighted by Crippen LogP contribution is 2.32. The van der Waals surface area contributed by atoms with Crippen molar-refractivity contribution in [1.29, 1.82) is 0 Å². The fourth-order valence-electron chi connectivity index (χ4n) is 3.40. The van der Waals surface area contributed by atoms with Crippen molar-refractivity contribution < 1.29 is 9.21 Å². The van der Waals surface area contributed by atoms with Crippen LogP contribution >= 0.6 is 27.7 Å².